The van der Waals surface area contributed by atoms with Crippen LogP contribution in [0.25, 0.3) is 11.4 Å². The maximum atomic E-state index is 12.2. The van der Waals surface area contributed by atoms with Crippen LogP contribution in [0.5, 0.6) is 0 Å². The lowest BCUT2D eigenvalue weighted by atomic mass is 9.94. The summed E-state index contributed by atoms with van der Waals surface area (Å²) >= 11 is 6.31. The third-order valence-electron chi connectivity index (χ3n) is 4.59. The molecule has 7 heteroatoms. The minimum Gasteiger partial charge on any atom is -0.366 e. The van der Waals surface area contributed by atoms with Crippen LogP contribution in [0.4, 0.5) is 5.95 Å². The molecule has 6 nitrogen and oxygen atoms in total. The molecular formula is C20H18ClN5O. The number of nitrogens with two attached hydrogens (primary N) is 1. The van der Waals surface area contributed by atoms with Crippen LogP contribution < -0.4 is 11.1 Å². The first-order chi connectivity index (χ1) is 13.0. The van der Waals surface area contributed by atoms with E-state index in [1.807, 2.05) is 56.3 Å². The number of anilines is 1. The molecule has 0 radical (unpaired) electrons. The zero-order valence-corrected chi connectivity index (χ0v) is 15.7. The average molecular weight is 380 g/mol. The number of hydrogen-bond acceptors (Lipinski definition) is 4. The van der Waals surface area contributed by atoms with Gasteiger partial charge in [-0.1, -0.05) is 53.6 Å². The molecule has 2 heterocycles. The SMILES string of the molecule is CC1=C(C(N)=O)[C@H](c2cccc(C)c2)n2nc(-c3ccccc3Cl)nc2N1. The second-order valence-electron chi connectivity index (χ2n) is 6.53. The number of hydrogen-bond donors (Lipinski definition) is 2. The molecule has 0 unspecified atom stereocenters. The molecule has 3 aromatic rings. The zero-order valence-electron chi connectivity index (χ0n) is 14.9. The van der Waals surface area contributed by atoms with Gasteiger partial charge in [0.15, 0.2) is 5.82 Å². The number of carbonyl (C=O) groups excluding carboxylic acids is 1. The van der Waals surface area contributed by atoms with E-state index in [-0.39, 0.29) is 0 Å². The van der Waals surface area contributed by atoms with E-state index in [1.165, 1.54) is 0 Å². The van der Waals surface area contributed by atoms with E-state index >= 15 is 0 Å². The van der Waals surface area contributed by atoms with E-state index in [0.717, 1.165) is 16.7 Å². The van der Waals surface area contributed by atoms with Gasteiger partial charge in [-0.05, 0) is 31.5 Å². The molecule has 1 atom stereocenters. The number of nitrogens with zero attached hydrogens (tertiary/aromatic N) is 3. The van der Waals surface area contributed by atoms with E-state index in [4.69, 9.17) is 17.3 Å². The van der Waals surface area contributed by atoms with Gasteiger partial charge < -0.3 is 11.1 Å². The molecule has 1 aliphatic rings. The second kappa shape index (κ2) is 6.55. The lowest BCUT2D eigenvalue weighted by molar-refractivity contribution is -0.115. The summed E-state index contributed by atoms with van der Waals surface area (Å²) in [6, 6.07) is 14.9. The van der Waals surface area contributed by atoms with E-state index in [2.05, 4.69) is 15.4 Å². The molecule has 0 saturated carbocycles. The molecule has 0 spiro atoms. The largest absolute Gasteiger partial charge is 0.366 e. The van der Waals surface area contributed by atoms with Gasteiger partial charge in [-0.15, -0.1) is 5.10 Å². The monoisotopic (exact) mass is 379 g/mol. The Labute approximate surface area is 161 Å². The first-order valence-electron chi connectivity index (χ1n) is 8.51. The lowest BCUT2D eigenvalue weighted by Gasteiger charge is -2.27. The summed E-state index contributed by atoms with van der Waals surface area (Å²) in [7, 11) is 0. The highest BCUT2D eigenvalue weighted by molar-refractivity contribution is 6.33. The minimum absolute atomic E-state index is 0.456. The smallest absolute Gasteiger partial charge is 0.248 e. The predicted octanol–water partition coefficient (Wildman–Crippen LogP) is 3.68. The standard InChI is InChI=1S/C20H18ClN5O/c1-11-6-5-7-13(10-11)17-16(18(22)27)12(2)23-20-24-19(25-26(17)20)14-8-3-4-9-15(14)21/h3-10,17H,1-2H3,(H2,22,27)(H,23,24,25)/t17-/m0/s1. The van der Waals surface area contributed by atoms with Crippen molar-refractivity contribution in [1.82, 2.24) is 14.8 Å². The quantitative estimate of drug-likeness (QED) is 0.726. The van der Waals surface area contributed by atoms with Crippen molar-refractivity contribution in [2.45, 2.75) is 19.9 Å². The van der Waals surface area contributed by atoms with E-state index < -0.39 is 11.9 Å². The van der Waals surface area contributed by atoms with E-state index in [1.54, 1.807) is 10.7 Å². The molecule has 3 N–H and O–H groups in total. The molecule has 1 aromatic heterocycles. The zero-order chi connectivity index (χ0) is 19.1. The van der Waals surface area contributed by atoms with Gasteiger partial charge in [0.1, 0.15) is 6.04 Å². The fraction of sp³-hybridized carbons (Fsp3) is 0.150. The van der Waals surface area contributed by atoms with Crippen molar-refractivity contribution < 1.29 is 4.79 Å². The highest BCUT2D eigenvalue weighted by atomic mass is 35.5. The second-order valence-corrected chi connectivity index (χ2v) is 6.94. The highest BCUT2D eigenvalue weighted by Crippen LogP contribution is 2.37. The molecular weight excluding hydrogens is 362 g/mol. The Morgan fingerprint density at radius 1 is 1.19 bits per heavy atom. The summed E-state index contributed by atoms with van der Waals surface area (Å²) in [5.74, 6) is 0.533. The third kappa shape index (κ3) is 2.98. The highest BCUT2D eigenvalue weighted by Gasteiger charge is 2.33. The maximum Gasteiger partial charge on any atom is 0.248 e. The van der Waals surface area contributed by atoms with Crippen molar-refractivity contribution >= 4 is 23.5 Å². The average Bonchev–Trinajstić information content (AvgIpc) is 3.03. The van der Waals surface area contributed by atoms with Gasteiger partial charge in [-0.3, -0.25) is 4.79 Å². The van der Waals surface area contributed by atoms with Crippen LogP contribution in [0.15, 0.2) is 59.8 Å². The van der Waals surface area contributed by atoms with Crippen LogP contribution in [0, 0.1) is 6.92 Å². The van der Waals surface area contributed by atoms with Gasteiger partial charge >= 0.3 is 0 Å². The van der Waals surface area contributed by atoms with Crippen molar-refractivity contribution in [3.63, 3.8) is 0 Å². The molecule has 0 fully saturated rings. The molecule has 1 amide bonds. The van der Waals surface area contributed by atoms with Crippen LogP contribution in [0.2, 0.25) is 5.02 Å². The molecule has 27 heavy (non-hydrogen) atoms. The number of aryl methyl sites for hydroxylation is 1. The molecule has 2 aromatic carbocycles. The van der Waals surface area contributed by atoms with Crippen LogP contribution >= 0.6 is 11.6 Å². The first-order valence-corrected chi connectivity index (χ1v) is 8.89. The molecule has 1 aliphatic heterocycles. The fourth-order valence-electron chi connectivity index (χ4n) is 3.38. The Balaban J connectivity index is 1.91. The van der Waals surface area contributed by atoms with Gasteiger partial charge in [0, 0.05) is 11.3 Å². The number of nitrogens with one attached hydrogen (secondary N) is 1. The summed E-state index contributed by atoms with van der Waals surface area (Å²) < 4.78 is 1.69. The first kappa shape index (κ1) is 17.3. The summed E-state index contributed by atoms with van der Waals surface area (Å²) in [5, 5.41) is 8.36. The number of allylic oxidation sites excluding steroid dienone is 1. The number of primary amides is 1. The van der Waals surface area contributed by atoms with Crippen LogP contribution in [-0.2, 0) is 4.79 Å². The topological polar surface area (TPSA) is 85.8 Å². The minimum atomic E-state index is -0.494. The Morgan fingerprint density at radius 3 is 2.67 bits per heavy atom. The van der Waals surface area contributed by atoms with Gasteiger partial charge in [0.25, 0.3) is 0 Å². The third-order valence-corrected chi connectivity index (χ3v) is 4.92. The normalized spacial score (nSPS) is 16.0. The Bertz CT molecular complexity index is 1090. The van der Waals surface area contributed by atoms with Crippen LogP contribution in [-0.4, -0.2) is 20.7 Å². The van der Waals surface area contributed by atoms with Crippen molar-refractivity contribution in [2.75, 3.05) is 5.32 Å². The number of aromatic nitrogens is 3. The Hall–Kier alpha value is -3.12. The molecule has 0 saturated heterocycles. The van der Waals surface area contributed by atoms with Crippen molar-refractivity contribution in [3.8, 4) is 11.4 Å². The summed E-state index contributed by atoms with van der Waals surface area (Å²) in [6.07, 6.45) is 0. The molecule has 0 bridgehead atoms. The number of amides is 1. The number of carbonyl (C=O) groups is 1. The van der Waals surface area contributed by atoms with Crippen LogP contribution in [0.3, 0.4) is 0 Å². The van der Waals surface area contributed by atoms with E-state index in [0.29, 0.717) is 28.1 Å². The van der Waals surface area contributed by atoms with Gasteiger partial charge in [-0.25, -0.2) is 4.68 Å². The van der Waals surface area contributed by atoms with Gasteiger partial charge in [-0.2, -0.15) is 4.98 Å². The Morgan fingerprint density at radius 2 is 1.96 bits per heavy atom. The number of fused-ring (bicyclic) bond motifs is 1. The molecule has 0 aliphatic carbocycles. The maximum absolute atomic E-state index is 12.2. The Kier molecular flexibility index (Phi) is 4.20. The van der Waals surface area contributed by atoms with Crippen molar-refractivity contribution in [3.05, 3.63) is 76.0 Å². The van der Waals surface area contributed by atoms with Crippen LogP contribution in [0.1, 0.15) is 24.1 Å². The summed E-state index contributed by atoms with van der Waals surface area (Å²) in [4.78, 5) is 16.8. The van der Waals surface area contributed by atoms with Crippen molar-refractivity contribution in [2.24, 2.45) is 5.73 Å². The predicted molar refractivity (Wildman–Crippen MR) is 105 cm³/mol. The number of rotatable bonds is 3. The van der Waals surface area contributed by atoms with Crippen molar-refractivity contribution in [1.29, 1.82) is 0 Å². The van der Waals surface area contributed by atoms with E-state index in [9.17, 15) is 4.79 Å². The number of halogens is 1. The lowest BCUT2D eigenvalue weighted by Crippen LogP contribution is -2.31. The molecule has 4 rings (SSSR count). The summed E-state index contributed by atoms with van der Waals surface area (Å²) in [5.41, 5.74) is 9.56. The van der Waals surface area contributed by atoms with Gasteiger partial charge in [0.2, 0.25) is 11.9 Å². The molecule has 136 valence electrons. The number of benzene rings is 2. The van der Waals surface area contributed by atoms with Gasteiger partial charge in [0.05, 0.1) is 10.6 Å². The summed E-state index contributed by atoms with van der Waals surface area (Å²) in [6.45, 7) is 3.82. The fourth-order valence-corrected chi connectivity index (χ4v) is 3.60.